The Balaban J connectivity index is 1.47. The van der Waals surface area contributed by atoms with Crippen LogP contribution in [-0.4, -0.2) is 74.4 Å². The van der Waals surface area contributed by atoms with E-state index in [0.717, 1.165) is 16.2 Å². The highest BCUT2D eigenvalue weighted by Gasteiger charge is 2.53. The number of aliphatic carboxylic acids is 2. The minimum Gasteiger partial charge on any atom is -0.550 e. The molecule has 13 nitrogen and oxygen atoms in total. The summed E-state index contributed by atoms with van der Waals surface area (Å²) in [5, 5.41) is 30.2. The SMILES string of the molecule is CO/N=C(\C(=O)N[C@@H]1C(=O)N2C(C(=O)[O-])=C(CSc3nc(C)c(CC(=O)[O-])s3)CS[C@H]12)c1csc(N)n1. The van der Waals surface area contributed by atoms with E-state index in [1.54, 1.807) is 6.92 Å². The van der Waals surface area contributed by atoms with Crippen LogP contribution in [0.5, 0.6) is 0 Å². The molecule has 0 unspecified atom stereocenters. The molecule has 4 heterocycles. The second-order valence-corrected chi connectivity index (χ2v) is 11.9. The summed E-state index contributed by atoms with van der Waals surface area (Å²) in [5.74, 6) is -3.58. The summed E-state index contributed by atoms with van der Waals surface area (Å²) in [6.07, 6.45) is -0.253. The predicted octanol–water partition coefficient (Wildman–Crippen LogP) is -1.67. The molecule has 4 rings (SSSR count). The molecular formula is C20H18N6O7S4-2. The van der Waals surface area contributed by atoms with Gasteiger partial charge in [-0.3, -0.25) is 14.5 Å². The molecular weight excluding hydrogens is 565 g/mol. The number of carbonyl (C=O) groups is 4. The summed E-state index contributed by atoms with van der Waals surface area (Å²) < 4.78 is 0.568. The van der Waals surface area contributed by atoms with E-state index in [1.807, 2.05) is 0 Å². The van der Waals surface area contributed by atoms with Gasteiger partial charge in [0.05, 0.1) is 17.4 Å². The Bertz CT molecular complexity index is 1340. The van der Waals surface area contributed by atoms with Gasteiger partial charge >= 0.3 is 0 Å². The highest BCUT2D eigenvalue weighted by Crippen LogP contribution is 2.41. The summed E-state index contributed by atoms with van der Waals surface area (Å²) >= 11 is 4.83. The molecule has 2 aromatic rings. The van der Waals surface area contributed by atoms with E-state index in [1.165, 1.54) is 47.4 Å². The first-order valence-electron chi connectivity index (χ1n) is 10.4. The largest absolute Gasteiger partial charge is 0.550 e. The van der Waals surface area contributed by atoms with Crippen molar-refractivity contribution < 1.29 is 34.2 Å². The van der Waals surface area contributed by atoms with Gasteiger partial charge < -0.3 is 35.7 Å². The number of rotatable bonds is 10. The van der Waals surface area contributed by atoms with Crippen molar-refractivity contribution >= 4 is 80.8 Å². The molecule has 0 aromatic carbocycles. The number of amides is 2. The van der Waals surface area contributed by atoms with E-state index in [-0.39, 0.29) is 40.2 Å². The number of thioether (sulfide) groups is 2. The Morgan fingerprint density at radius 2 is 2.11 bits per heavy atom. The van der Waals surface area contributed by atoms with E-state index in [9.17, 15) is 29.4 Å². The van der Waals surface area contributed by atoms with Crippen molar-refractivity contribution in [3.05, 3.63) is 32.9 Å². The number of nitrogens with two attached hydrogens (primary N) is 1. The van der Waals surface area contributed by atoms with Gasteiger partial charge in [-0.05, 0) is 12.5 Å². The molecule has 2 aromatic heterocycles. The van der Waals surface area contributed by atoms with Gasteiger partial charge in [-0.25, -0.2) is 9.97 Å². The molecule has 0 radical (unpaired) electrons. The molecule has 17 heteroatoms. The number of aryl methyl sites for hydroxylation is 1. The van der Waals surface area contributed by atoms with E-state index >= 15 is 0 Å². The number of fused-ring (bicyclic) bond motifs is 1. The number of hydrogen-bond acceptors (Lipinski definition) is 15. The zero-order chi connectivity index (χ0) is 26.9. The topological polar surface area (TPSA) is 203 Å². The second-order valence-electron chi connectivity index (χ2n) is 7.62. The summed E-state index contributed by atoms with van der Waals surface area (Å²) in [6, 6.07) is -0.993. The van der Waals surface area contributed by atoms with Crippen molar-refractivity contribution in [2.75, 3.05) is 24.3 Å². The number of carboxylic acids is 2. The van der Waals surface area contributed by atoms with Crippen molar-refractivity contribution in [2.45, 2.75) is 29.1 Å². The first-order chi connectivity index (χ1) is 17.6. The fourth-order valence-electron chi connectivity index (χ4n) is 3.59. The number of β-lactam (4-membered cyclic amide) rings is 1. The average Bonchev–Trinajstić information content (AvgIpc) is 3.42. The molecule has 2 aliphatic rings. The van der Waals surface area contributed by atoms with Gasteiger partial charge in [0.15, 0.2) is 15.2 Å². The Kier molecular flexibility index (Phi) is 8.05. The summed E-state index contributed by atoms with van der Waals surface area (Å²) in [7, 11) is 1.25. The molecule has 0 saturated carbocycles. The van der Waals surface area contributed by atoms with Crippen molar-refractivity contribution in [3.63, 3.8) is 0 Å². The van der Waals surface area contributed by atoms with Gasteiger partial charge in [0, 0.05) is 34.2 Å². The fourth-order valence-corrected chi connectivity index (χ4v) is 7.84. The van der Waals surface area contributed by atoms with Gasteiger partial charge in [0.1, 0.15) is 24.2 Å². The lowest BCUT2D eigenvalue weighted by Gasteiger charge is -2.50. The Morgan fingerprint density at radius 1 is 1.35 bits per heavy atom. The molecule has 0 spiro atoms. The second kappa shape index (κ2) is 11.1. The van der Waals surface area contributed by atoms with Crippen LogP contribution in [0.4, 0.5) is 5.13 Å². The van der Waals surface area contributed by atoms with E-state index in [0.29, 0.717) is 20.5 Å². The lowest BCUT2D eigenvalue weighted by atomic mass is 10.0. The summed E-state index contributed by atoms with van der Waals surface area (Å²) in [6.45, 7) is 1.69. The molecule has 2 amide bonds. The van der Waals surface area contributed by atoms with Crippen LogP contribution in [0, 0.1) is 6.92 Å². The van der Waals surface area contributed by atoms with Gasteiger partial charge in [-0.1, -0.05) is 16.9 Å². The van der Waals surface area contributed by atoms with Crippen molar-refractivity contribution in [1.29, 1.82) is 0 Å². The zero-order valence-corrected chi connectivity index (χ0v) is 22.5. The minimum atomic E-state index is -1.51. The average molecular weight is 583 g/mol. The van der Waals surface area contributed by atoms with Gasteiger partial charge in [0.25, 0.3) is 11.8 Å². The molecule has 0 aliphatic carbocycles. The van der Waals surface area contributed by atoms with Gasteiger partial charge in [-0.15, -0.1) is 34.4 Å². The highest BCUT2D eigenvalue weighted by atomic mass is 32.2. The third-order valence-corrected chi connectivity index (χ3v) is 9.64. The van der Waals surface area contributed by atoms with Crippen LogP contribution in [0.15, 0.2) is 26.1 Å². The Labute approximate surface area is 226 Å². The van der Waals surface area contributed by atoms with Crippen LogP contribution in [0.3, 0.4) is 0 Å². The van der Waals surface area contributed by atoms with Crippen LogP contribution >= 0.6 is 46.2 Å². The normalized spacial score (nSPS) is 19.4. The number of nitrogens with one attached hydrogen (secondary N) is 1. The first-order valence-corrected chi connectivity index (χ1v) is 14.1. The maximum absolute atomic E-state index is 12.9. The quantitative estimate of drug-likeness (QED) is 0.140. The van der Waals surface area contributed by atoms with Crippen LogP contribution in [-0.2, 0) is 30.4 Å². The maximum Gasteiger partial charge on any atom is 0.276 e. The Morgan fingerprint density at radius 3 is 2.73 bits per heavy atom. The summed E-state index contributed by atoms with van der Waals surface area (Å²) in [5.41, 5.74) is 6.41. The van der Waals surface area contributed by atoms with Crippen molar-refractivity contribution in [2.24, 2.45) is 5.16 Å². The lowest BCUT2D eigenvalue weighted by molar-refractivity contribution is -0.305. The smallest absolute Gasteiger partial charge is 0.276 e. The number of nitrogen functional groups attached to an aromatic ring is 1. The van der Waals surface area contributed by atoms with Gasteiger partial charge in [-0.2, -0.15) is 0 Å². The van der Waals surface area contributed by atoms with Crippen LogP contribution in [0.1, 0.15) is 16.3 Å². The number of nitrogens with zero attached hydrogens (tertiary/aromatic N) is 4. The van der Waals surface area contributed by atoms with Crippen LogP contribution < -0.4 is 21.3 Å². The molecule has 0 bridgehead atoms. The van der Waals surface area contributed by atoms with Crippen LogP contribution in [0.2, 0.25) is 0 Å². The number of carbonyl (C=O) groups excluding carboxylic acids is 4. The molecule has 196 valence electrons. The number of aromatic nitrogens is 2. The standard InChI is InChI=1S/C20H20N6O7S4/c1-7-10(3-11(27)28)37-20(22-7)36-5-8-4-34-17-13(16(30)26(17)14(8)18(31)32)24-15(29)12(25-33-2)9-6-35-19(21)23-9/h6,13,17H,3-5H2,1-2H3,(H2,21,23)(H,24,29)(H,27,28)(H,31,32)/p-2/b25-12-/t13-,17-/m1/s1. The lowest BCUT2D eigenvalue weighted by Crippen LogP contribution is -2.71. The van der Waals surface area contributed by atoms with E-state index in [2.05, 4.69) is 20.4 Å². The molecule has 3 N–H and O–H groups in total. The molecule has 2 atom stereocenters. The molecule has 2 aliphatic heterocycles. The molecule has 37 heavy (non-hydrogen) atoms. The summed E-state index contributed by atoms with van der Waals surface area (Å²) in [4.78, 5) is 63.4. The van der Waals surface area contributed by atoms with Crippen molar-refractivity contribution in [3.8, 4) is 0 Å². The monoisotopic (exact) mass is 582 g/mol. The minimum absolute atomic E-state index is 0.174. The first kappa shape index (κ1) is 26.9. The highest BCUT2D eigenvalue weighted by molar-refractivity contribution is 8.01. The fraction of sp³-hybridized carbons (Fsp3) is 0.350. The molecule has 1 fully saturated rings. The zero-order valence-electron chi connectivity index (χ0n) is 19.2. The van der Waals surface area contributed by atoms with E-state index < -0.39 is 35.2 Å². The third-order valence-electron chi connectivity index (χ3n) is 5.24. The molecule has 1 saturated heterocycles. The Hall–Kier alpha value is -3.15. The number of anilines is 1. The van der Waals surface area contributed by atoms with Crippen molar-refractivity contribution in [1.82, 2.24) is 20.2 Å². The number of carboxylic acid groups (broad SMARTS) is 2. The van der Waals surface area contributed by atoms with E-state index in [4.69, 9.17) is 10.6 Å². The van der Waals surface area contributed by atoms with Crippen LogP contribution in [0.25, 0.3) is 0 Å². The third kappa shape index (κ3) is 5.58. The number of oxime groups is 1. The number of hydrogen-bond donors (Lipinski definition) is 2. The number of thiazole rings is 2. The predicted molar refractivity (Wildman–Crippen MR) is 133 cm³/mol. The van der Waals surface area contributed by atoms with Gasteiger partial charge in [0.2, 0.25) is 0 Å². The maximum atomic E-state index is 12.9.